The first-order valence-electron chi connectivity index (χ1n) is 6.42. The molecule has 1 aliphatic heterocycles. The van der Waals surface area contributed by atoms with E-state index in [1.807, 2.05) is 26.0 Å². The highest BCUT2D eigenvalue weighted by Gasteiger charge is 2.21. The fraction of sp³-hybridized carbons (Fsp3) is 0.467. The van der Waals surface area contributed by atoms with Gasteiger partial charge in [0.25, 0.3) is 0 Å². The van der Waals surface area contributed by atoms with Gasteiger partial charge in [-0.25, -0.2) is 0 Å². The minimum Gasteiger partial charge on any atom is -0.335 e. The van der Waals surface area contributed by atoms with E-state index in [4.69, 9.17) is 0 Å². The Kier molecular flexibility index (Phi) is 3.80. The first kappa shape index (κ1) is 12.8. The third-order valence-electron chi connectivity index (χ3n) is 3.45. The molecule has 1 amide bonds. The molecule has 0 atom stereocenters. The van der Waals surface area contributed by atoms with Crippen LogP contribution < -0.4 is 0 Å². The molecule has 0 saturated carbocycles. The van der Waals surface area contributed by atoms with Crippen molar-refractivity contribution < 1.29 is 9.59 Å². The number of Topliss-reactive ketones (excluding diaryl/α,β-unsaturated/α-hetero) is 1. The summed E-state index contributed by atoms with van der Waals surface area (Å²) in [6.45, 7) is 5.06. The summed E-state index contributed by atoms with van der Waals surface area (Å²) in [4.78, 5) is 25.2. The van der Waals surface area contributed by atoms with Gasteiger partial charge in [0.05, 0.1) is 13.0 Å². The highest BCUT2D eigenvalue weighted by molar-refractivity contribution is 5.88. The monoisotopic (exact) mass is 245 g/mol. The van der Waals surface area contributed by atoms with Gasteiger partial charge < -0.3 is 4.90 Å². The lowest BCUT2D eigenvalue weighted by molar-refractivity contribution is -0.137. The summed E-state index contributed by atoms with van der Waals surface area (Å²) in [5.41, 5.74) is 3.37. The Morgan fingerprint density at radius 1 is 1.33 bits per heavy atom. The molecule has 0 aromatic heterocycles. The number of piperidine rings is 1. The zero-order chi connectivity index (χ0) is 13.1. The molecule has 0 aliphatic carbocycles. The van der Waals surface area contributed by atoms with Crippen molar-refractivity contribution in [2.75, 3.05) is 13.1 Å². The molecule has 3 heteroatoms. The normalized spacial score (nSPS) is 15.9. The molecule has 96 valence electrons. The molecule has 1 aromatic rings. The highest BCUT2D eigenvalue weighted by atomic mass is 16.2. The lowest BCUT2D eigenvalue weighted by atomic mass is 10.0. The second kappa shape index (κ2) is 5.34. The SMILES string of the molecule is Cc1ccc(C)c(CC(=O)N2CCCC(=O)C2)c1. The molecule has 0 bridgehead atoms. The van der Waals surface area contributed by atoms with Crippen molar-refractivity contribution in [2.24, 2.45) is 0 Å². The predicted octanol–water partition coefficient (Wildman–Crippen LogP) is 2.04. The summed E-state index contributed by atoms with van der Waals surface area (Å²) in [6.07, 6.45) is 1.82. The lowest BCUT2D eigenvalue weighted by Gasteiger charge is -2.26. The number of rotatable bonds is 2. The van der Waals surface area contributed by atoms with E-state index in [-0.39, 0.29) is 11.7 Å². The summed E-state index contributed by atoms with van der Waals surface area (Å²) in [7, 11) is 0. The number of ketones is 1. The van der Waals surface area contributed by atoms with E-state index >= 15 is 0 Å². The Bertz CT molecular complexity index is 479. The van der Waals surface area contributed by atoms with Crippen LogP contribution >= 0.6 is 0 Å². The standard InChI is InChI=1S/C15H19NO2/c1-11-5-6-12(2)13(8-11)9-15(18)16-7-3-4-14(17)10-16/h5-6,8H,3-4,7,9-10H2,1-2H3. The van der Waals surface area contributed by atoms with Gasteiger partial charge in [-0.3, -0.25) is 9.59 Å². The Hall–Kier alpha value is -1.64. The van der Waals surface area contributed by atoms with Crippen LogP contribution in [0.5, 0.6) is 0 Å². The number of carbonyl (C=O) groups excluding carboxylic acids is 2. The number of benzene rings is 1. The van der Waals surface area contributed by atoms with E-state index in [1.54, 1.807) is 4.90 Å². The van der Waals surface area contributed by atoms with Gasteiger partial charge in [-0.1, -0.05) is 23.8 Å². The third kappa shape index (κ3) is 2.97. The van der Waals surface area contributed by atoms with Crippen molar-refractivity contribution in [3.63, 3.8) is 0 Å². The third-order valence-corrected chi connectivity index (χ3v) is 3.45. The smallest absolute Gasteiger partial charge is 0.227 e. The quantitative estimate of drug-likeness (QED) is 0.799. The van der Waals surface area contributed by atoms with Crippen molar-refractivity contribution in [3.8, 4) is 0 Å². The summed E-state index contributed by atoms with van der Waals surface area (Å²) in [5.74, 6) is 0.243. The summed E-state index contributed by atoms with van der Waals surface area (Å²) in [6, 6.07) is 6.14. The number of hydrogen-bond acceptors (Lipinski definition) is 2. The average Bonchev–Trinajstić information content (AvgIpc) is 2.34. The van der Waals surface area contributed by atoms with Gasteiger partial charge in [0.1, 0.15) is 0 Å². The maximum absolute atomic E-state index is 12.2. The topological polar surface area (TPSA) is 37.4 Å². The molecule has 0 radical (unpaired) electrons. The van der Waals surface area contributed by atoms with Crippen LogP contribution in [0.2, 0.25) is 0 Å². The zero-order valence-electron chi connectivity index (χ0n) is 11.0. The summed E-state index contributed by atoms with van der Waals surface area (Å²) in [5, 5.41) is 0. The maximum Gasteiger partial charge on any atom is 0.227 e. The van der Waals surface area contributed by atoms with Crippen LogP contribution in [0.3, 0.4) is 0 Å². The first-order chi connectivity index (χ1) is 8.56. The van der Waals surface area contributed by atoms with Crippen molar-refractivity contribution in [1.29, 1.82) is 0 Å². The number of hydrogen-bond donors (Lipinski definition) is 0. The lowest BCUT2D eigenvalue weighted by Crippen LogP contribution is -2.41. The van der Waals surface area contributed by atoms with Crippen molar-refractivity contribution in [1.82, 2.24) is 4.90 Å². The fourth-order valence-electron chi connectivity index (χ4n) is 2.32. The maximum atomic E-state index is 12.2. The molecular formula is C15H19NO2. The Morgan fingerprint density at radius 2 is 2.11 bits per heavy atom. The minimum absolute atomic E-state index is 0.0664. The van der Waals surface area contributed by atoms with Crippen molar-refractivity contribution in [2.45, 2.75) is 33.1 Å². The van der Waals surface area contributed by atoms with Gasteiger partial charge in [0, 0.05) is 13.0 Å². The molecule has 0 spiro atoms. The van der Waals surface area contributed by atoms with E-state index in [9.17, 15) is 9.59 Å². The zero-order valence-corrected chi connectivity index (χ0v) is 11.0. The molecule has 1 aromatic carbocycles. The molecule has 1 fully saturated rings. The van der Waals surface area contributed by atoms with Gasteiger partial charge in [-0.05, 0) is 31.4 Å². The van der Waals surface area contributed by atoms with Crippen LogP contribution in [0, 0.1) is 13.8 Å². The molecule has 0 N–H and O–H groups in total. The largest absolute Gasteiger partial charge is 0.335 e. The van der Waals surface area contributed by atoms with E-state index in [0.717, 1.165) is 29.7 Å². The van der Waals surface area contributed by atoms with Crippen molar-refractivity contribution >= 4 is 11.7 Å². The number of aryl methyl sites for hydroxylation is 2. The summed E-state index contributed by atoms with van der Waals surface area (Å²) >= 11 is 0. The first-order valence-corrected chi connectivity index (χ1v) is 6.42. The Labute approximate surface area is 108 Å². The number of carbonyl (C=O) groups is 2. The minimum atomic E-state index is 0.0664. The number of likely N-dealkylation sites (tertiary alicyclic amines) is 1. The molecule has 1 heterocycles. The van der Waals surface area contributed by atoms with Gasteiger partial charge >= 0.3 is 0 Å². The number of nitrogens with zero attached hydrogens (tertiary/aromatic N) is 1. The van der Waals surface area contributed by atoms with Crippen LogP contribution in [-0.2, 0) is 16.0 Å². The average molecular weight is 245 g/mol. The van der Waals surface area contributed by atoms with Gasteiger partial charge in [0.2, 0.25) is 5.91 Å². The van der Waals surface area contributed by atoms with Crippen molar-refractivity contribution in [3.05, 3.63) is 34.9 Å². The van der Waals surface area contributed by atoms with Gasteiger partial charge in [-0.15, -0.1) is 0 Å². The second-order valence-corrected chi connectivity index (χ2v) is 5.06. The van der Waals surface area contributed by atoms with E-state index in [2.05, 4.69) is 6.07 Å². The second-order valence-electron chi connectivity index (χ2n) is 5.06. The highest BCUT2D eigenvalue weighted by Crippen LogP contribution is 2.14. The predicted molar refractivity (Wildman–Crippen MR) is 70.4 cm³/mol. The van der Waals surface area contributed by atoms with E-state index in [1.165, 1.54) is 0 Å². The summed E-state index contributed by atoms with van der Waals surface area (Å²) < 4.78 is 0. The fourth-order valence-corrected chi connectivity index (χ4v) is 2.32. The van der Waals surface area contributed by atoms with Gasteiger partial charge in [-0.2, -0.15) is 0 Å². The molecule has 1 saturated heterocycles. The van der Waals surface area contributed by atoms with Crippen LogP contribution in [0.25, 0.3) is 0 Å². The molecule has 0 unspecified atom stereocenters. The molecule has 1 aliphatic rings. The van der Waals surface area contributed by atoms with Crippen LogP contribution in [-0.4, -0.2) is 29.7 Å². The molecule has 3 nitrogen and oxygen atoms in total. The van der Waals surface area contributed by atoms with Crippen LogP contribution in [0.15, 0.2) is 18.2 Å². The molecular weight excluding hydrogens is 226 g/mol. The van der Waals surface area contributed by atoms with E-state index < -0.39 is 0 Å². The van der Waals surface area contributed by atoms with Gasteiger partial charge in [0.15, 0.2) is 5.78 Å². The Morgan fingerprint density at radius 3 is 2.83 bits per heavy atom. The van der Waals surface area contributed by atoms with E-state index in [0.29, 0.717) is 19.4 Å². The Balaban J connectivity index is 2.06. The molecule has 18 heavy (non-hydrogen) atoms. The van der Waals surface area contributed by atoms with Crippen LogP contribution in [0.1, 0.15) is 29.5 Å². The van der Waals surface area contributed by atoms with Crippen LogP contribution in [0.4, 0.5) is 0 Å². The molecule has 2 rings (SSSR count). The number of amides is 1.